The summed E-state index contributed by atoms with van der Waals surface area (Å²) in [5, 5.41) is 3.97. The largest absolute Gasteiger partial charge is 0.298 e. The van der Waals surface area contributed by atoms with Crippen LogP contribution in [0.25, 0.3) is 0 Å². The van der Waals surface area contributed by atoms with Gasteiger partial charge in [-0.15, -0.1) is 12.4 Å². The van der Waals surface area contributed by atoms with Crippen molar-refractivity contribution in [3.8, 4) is 0 Å². The van der Waals surface area contributed by atoms with Gasteiger partial charge >= 0.3 is 0 Å². The van der Waals surface area contributed by atoms with E-state index in [1.54, 1.807) is 18.5 Å². The van der Waals surface area contributed by atoms with Gasteiger partial charge in [-0.05, 0) is 20.8 Å². The molecular formula is C7H13ClN2O3S. The van der Waals surface area contributed by atoms with Gasteiger partial charge in [-0.2, -0.15) is 13.5 Å². The monoisotopic (exact) mass is 240 g/mol. The van der Waals surface area contributed by atoms with Gasteiger partial charge in [-0.3, -0.25) is 9.23 Å². The highest BCUT2D eigenvalue weighted by Gasteiger charge is 2.21. The standard InChI is InChI=1S/C7H12N2O3S.ClH/c1-4-9-6(3)7(5(2)8-9)13(10,11)12;/h4H2,1-3H3,(H,10,11,12);1H. The smallest absolute Gasteiger partial charge is 0.282 e. The van der Waals surface area contributed by atoms with Crippen molar-refractivity contribution >= 4 is 22.5 Å². The summed E-state index contributed by atoms with van der Waals surface area (Å²) in [5.74, 6) is 0. The van der Waals surface area contributed by atoms with Crippen LogP contribution in [0.5, 0.6) is 0 Å². The van der Waals surface area contributed by atoms with Crippen molar-refractivity contribution in [1.29, 1.82) is 0 Å². The number of hydrogen-bond acceptors (Lipinski definition) is 3. The quantitative estimate of drug-likeness (QED) is 0.789. The molecule has 0 fully saturated rings. The van der Waals surface area contributed by atoms with Crippen molar-refractivity contribution < 1.29 is 13.0 Å². The second-order valence-corrected chi connectivity index (χ2v) is 4.15. The number of halogens is 1. The maximum absolute atomic E-state index is 10.9. The van der Waals surface area contributed by atoms with E-state index in [1.165, 1.54) is 0 Å². The summed E-state index contributed by atoms with van der Waals surface area (Å²) < 4.78 is 32.2. The molecule has 1 aromatic heterocycles. The molecule has 0 spiro atoms. The molecule has 82 valence electrons. The minimum atomic E-state index is -4.14. The number of aryl methyl sites for hydroxylation is 2. The maximum Gasteiger partial charge on any atom is 0.298 e. The Labute approximate surface area is 89.3 Å². The minimum absolute atomic E-state index is 0. The zero-order chi connectivity index (χ0) is 10.2. The number of nitrogens with zero attached hydrogens (tertiary/aromatic N) is 2. The molecule has 0 aromatic carbocycles. The Morgan fingerprint density at radius 2 is 1.93 bits per heavy atom. The highest BCUT2D eigenvalue weighted by atomic mass is 35.5. The van der Waals surface area contributed by atoms with Crippen LogP contribution in [0.3, 0.4) is 0 Å². The lowest BCUT2D eigenvalue weighted by Gasteiger charge is -1.98. The molecule has 0 radical (unpaired) electrons. The third-order valence-electron chi connectivity index (χ3n) is 1.87. The van der Waals surface area contributed by atoms with Crippen LogP contribution in [0, 0.1) is 13.8 Å². The zero-order valence-electron chi connectivity index (χ0n) is 8.18. The Balaban J connectivity index is 0.00000169. The lowest BCUT2D eigenvalue weighted by molar-refractivity contribution is 0.481. The fourth-order valence-corrected chi connectivity index (χ4v) is 2.25. The van der Waals surface area contributed by atoms with Crippen LogP contribution in [0.2, 0.25) is 0 Å². The minimum Gasteiger partial charge on any atom is -0.282 e. The molecule has 0 bridgehead atoms. The molecule has 1 heterocycles. The first-order chi connectivity index (χ1) is 5.88. The lowest BCUT2D eigenvalue weighted by atomic mass is 10.4. The second kappa shape index (κ2) is 4.29. The highest BCUT2D eigenvalue weighted by Crippen LogP contribution is 2.18. The molecule has 14 heavy (non-hydrogen) atoms. The fourth-order valence-electron chi connectivity index (χ4n) is 1.36. The van der Waals surface area contributed by atoms with Crippen molar-refractivity contribution in [1.82, 2.24) is 9.78 Å². The van der Waals surface area contributed by atoms with E-state index in [1.807, 2.05) is 6.92 Å². The summed E-state index contributed by atoms with van der Waals surface area (Å²) >= 11 is 0. The predicted molar refractivity (Wildman–Crippen MR) is 54.4 cm³/mol. The highest BCUT2D eigenvalue weighted by molar-refractivity contribution is 7.86. The van der Waals surface area contributed by atoms with E-state index in [0.29, 0.717) is 17.9 Å². The number of rotatable bonds is 2. The summed E-state index contributed by atoms with van der Waals surface area (Å²) in [6, 6.07) is 0. The third-order valence-corrected chi connectivity index (χ3v) is 2.98. The van der Waals surface area contributed by atoms with Gasteiger partial charge in [-0.1, -0.05) is 0 Å². The summed E-state index contributed by atoms with van der Waals surface area (Å²) in [6.07, 6.45) is 0. The molecule has 0 atom stereocenters. The average molecular weight is 241 g/mol. The molecular weight excluding hydrogens is 228 g/mol. The van der Waals surface area contributed by atoms with Crippen molar-refractivity contribution in [3.05, 3.63) is 11.4 Å². The summed E-state index contributed by atoms with van der Waals surface area (Å²) in [4.78, 5) is -0.0747. The first-order valence-corrected chi connectivity index (χ1v) is 5.33. The van der Waals surface area contributed by atoms with Crippen molar-refractivity contribution in [2.75, 3.05) is 0 Å². The lowest BCUT2D eigenvalue weighted by Crippen LogP contribution is -2.03. The van der Waals surface area contributed by atoms with E-state index in [2.05, 4.69) is 5.10 Å². The zero-order valence-corrected chi connectivity index (χ0v) is 9.81. The first kappa shape index (κ1) is 13.4. The molecule has 7 heteroatoms. The van der Waals surface area contributed by atoms with Crippen LogP contribution in [-0.4, -0.2) is 22.8 Å². The molecule has 0 aliphatic rings. The first-order valence-electron chi connectivity index (χ1n) is 3.89. The molecule has 0 saturated heterocycles. The Kier molecular flexibility index (Phi) is 4.11. The molecule has 5 nitrogen and oxygen atoms in total. The summed E-state index contributed by atoms with van der Waals surface area (Å²) in [6.45, 7) is 5.62. The van der Waals surface area contributed by atoms with Crippen LogP contribution in [0.4, 0.5) is 0 Å². The number of aromatic nitrogens is 2. The number of hydrogen-bond donors (Lipinski definition) is 1. The molecule has 1 N–H and O–H groups in total. The maximum atomic E-state index is 10.9. The van der Waals surface area contributed by atoms with Gasteiger partial charge < -0.3 is 0 Å². The molecule has 0 amide bonds. The van der Waals surface area contributed by atoms with E-state index in [4.69, 9.17) is 4.55 Å². The van der Waals surface area contributed by atoms with Crippen LogP contribution in [0.1, 0.15) is 18.3 Å². The van der Waals surface area contributed by atoms with Gasteiger partial charge in [0.1, 0.15) is 4.90 Å². The van der Waals surface area contributed by atoms with Crippen LogP contribution in [0.15, 0.2) is 4.90 Å². The van der Waals surface area contributed by atoms with Crippen LogP contribution < -0.4 is 0 Å². The SMILES string of the molecule is CCn1nc(C)c(S(=O)(=O)O)c1C.Cl. The van der Waals surface area contributed by atoms with Crippen molar-refractivity contribution in [3.63, 3.8) is 0 Å². The molecule has 0 saturated carbocycles. The predicted octanol–water partition coefficient (Wildman–Crippen LogP) is 1.19. The molecule has 0 aliphatic heterocycles. The molecule has 1 rings (SSSR count). The van der Waals surface area contributed by atoms with Crippen LogP contribution in [-0.2, 0) is 16.7 Å². The average Bonchev–Trinajstić information content (AvgIpc) is 2.24. The van der Waals surface area contributed by atoms with E-state index in [9.17, 15) is 8.42 Å². The van der Waals surface area contributed by atoms with Gasteiger partial charge in [0.25, 0.3) is 10.1 Å². The van der Waals surface area contributed by atoms with Crippen LogP contribution >= 0.6 is 12.4 Å². The normalized spacial score (nSPS) is 11.1. The molecule has 1 aromatic rings. The van der Waals surface area contributed by atoms with Gasteiger partial charge in [0, 0.05) is 6.54 Å². The Morgan fingerprint density at radius 1 is 1.43 bits per heavy atom. The Bertz CT molecular complexity index is 424. The van der Waals surface area contributed by atoms with Gasteiger partial charge in [0.05, 0.1) is 11.4 Å². The van der Waals surface area contributed by atoms with E-state index in [0.717, 1.165) is 0 Å². The van der Waals surface area contributed by atoms with Gasteiger partial charge in [-0.25, -0.2) is 0 Å². The summed E-state index contributed by atoms with van der Waals surface area (Å²) in [7, 11) is -4.14. The fraction of sp³-hybridized carbons (Fsp3) is 0.571. The Hall–Kier alpha value is -0.590. The molecule has 0 aliphatic carbocycles. The van der Waals surface area contributed by atoms with Gasteiger partial charge in [0.15, 0.2) is 0 Å². The third kappa shape index (κ3) is 2.26. The van der Waals surface area contributed by atoms with E-state index >= 15 is 0 Å². The van der Waals surface area contributed by atoms with E-state index in [-0.39, 0.29) is 17.3 Å². The Morgan fingerprint density at radius 3 is 2.14 bits per heavy atom. The summed E-state index contributed by atoms with van der Waals surface area (Å²) in [5.41, 5.74) is 0.810. The van der Waals surface area contributed by atoms with Crippen molar-refractivity contribution in [2.45, 2.75) is 32.2 Å². The molecule has 0 unspecified atom stereocenters. The topological polar surface area (TPSA) is 72.2 Å². The van der Waals surface area contributed by atoms with Gasteiger partial charge in [0.2, 0.25) is 0 Å². The van der Waals surface area contributed by atoms with Crippen molar-refractivity contribution in [2.24, 2.45) is 0 Å². The second-order valence-electron chi connectivity index (χ2n) is 2.79. The van der Waals surface area contributed by atoms with E-state index < -0.39 is 10.1 Å².